The largest absolute Gasteiger partial charge is 0.338 e. The third-order valence-electron chi connectivity index (χ3n) is 3.33. The van der Waals surface area contributed by atoms with Crippen LogP contribution in [0.25, 0.3) is 0 Å². The van der Waals surface area contributed by atoms with Crippen LogP contribution in [0.5, 0.6) is 0 Å². The van der Waals surface area contributed by atoms with E-state index >= 15 is 0 Å². The predicted octanol–water partition coefficient (Wildman–Crippen LogP) is 4.14. The van der Waals surface area contributed by atoms with E-state index < -0.39 is 0 Å². The molecule has 0 N–H and O–H groups in total. The Balaban J connectivity index is 1.89. The van der Waals surface area contributed by atoms with Crippen molar-refractivity contribution in [3.63, 3.8) is 0 Å². The van der Waals surface area contributed by atoms with E-state index in [2.05, 4.69) is 43.3 Å². The molecule has 0 bridgehead atoms. The molecule has 0 saturated heterocycles. The predicted molar refractivity (Wildman–Crippen MR) is 89.4 cm³/mol. The summed E-state index contributed by atoms with van der Waals surface area (Å²) < 4.78 is 0. The second-order valence-electron chi connectivity index (χ2n) is 5.00. The molecule has 110 valence electrons. The van der Waals surface area contributed by atoms with Gasteiger partial charge in [0, 0.05) is 18.0 Å². The molecule has 0 unspecified atom stereocenters. The Kier molecular flexibility index (Phi) is 5.88. The number of amides is 1. The summed E-state index contributed by atoms with van der Waals surface area (Å²) in [5.41, 5.74) is 2.41. The topological polar surface area (TPSA) is 20.3 Å². The summed E-state index contributed by atoms with van der Waals surface area (Å²) in [5, 5.41) is 0. The van der Waals surface area contributed by atoms with Gasteiger partial charge in [-0.3, -0.25) is 4.79 Å². The van der Waals surface area contributed by atoms with E-state index in [1.54, 1.807) is 11.8 Å². The monoisotopic (exact) mass is 299 g/mol. The number of carbonyl (C=O) groups is 1. The molecule has 0 spiro atoms. The highest BCUT2D eigenvalue weighted by atomic mass is 32.2. The Labute approximate surface area is 131 Å². The highest BCUT2D eigenvalue weighted by molar-refractivity contribution is 8.00. The number of benzene rings is 2. The van der Waals surface area contributed by atoms with Crippen molar-refractivity contribution in [3.05, 3.63) is 65.7 Å². The Bertz CT molecular complexity index is 566. The third-order valence-corrected chi connectivity index (χ3v) is 4.33. The summed E-state index contributed by atoms with van der Waals surface area (Å²) in [6.45, 7) is 5.52. The van der Waals surface area contributed by atoms with Crippen LogP contribution in [0.15, 0.2) is 59.5 Å². The van der Waals surface area contributed by atoms with Crippen molar-refractivity contribution < 1.29 is 4.79 Å². The Morgan fingerprint density at radius 2 is 1.71 bits per heavy atom. The standard InChI is InChI=1S/C18H21NOS/c1-3-19(13-16-7-5-4-6-8-16)18(20)14-21-17-11-9-15(2)10-12-17/h4-12H,3,13-14H2,1-2H3. The van der Waals surface area contributed by atoms with E-state index in [1.165, 1.54) is 11.1 Å². The first kappa shape index (κ1) is 15.6. The number of rotatable bonds is 6. The Hall–Kier alpha value is -1.74. The maximum atomic E-state index is 12.3. The molecule has 0 fully saturated rings. The van der Waals surface area contributed by atoms with Crippen molar-refractivity contribution in [2.24, 2.45) is 0 Å². The molecule has 2 nitrogen and oxygen atoms in total. The van der Waals surface area contributed by atoms with E-state index in [-0.39, 0.29) is 5.91 Å². The maximum Gasteiger partial charge on any atom is 0.233 e. The van der Waals surface area contributed by atoms with Gasteiger partial charge in [-0.1, -0.05) is 48.0 Å². The van der Waals surface area contributed by atoms with Crippen molar-refractivity contribution in [1.29, 1.82) is 0 Å². The van der Waals surface area contributed by atoms with E-state index in [0.29, 0.717) is 12.3 Å². The fourth-order valence-electron chi connectivity index (χ4n) is 2.05. The molecule has 0 heterocycles. The van der Waals surface area contributed by atoms with Gasteiger partial charge in [0.15, 0.2) is 0 Å². The number of aryl methyl sites for hydroxylation is 1. The lowest BCUT2D eigenvalue weighted by Crippen LogP contribution is -2.31. The Morgan fingerprint density at radius 3 is 2.33 bits per heavy atom. The fraction of sp³-hybridized carbons (Fsp3) is 0.278. The smallest absolute Gasteiger partial charge is 0.233 e. The first-order chi connectivity index (χ1) is 10.2. The van der Waals surface area contributed by atoms with Crippen LogP contribution < -0.4 is 0 Å². The minimum Gasteiger partial charge on any atom is -0.338 e. The third kappa shape index (κ3) is 4.94. The number of hydrogen-bond acceptors (Lipinski definition) is 2. The summed E-state index contributed by atoms with van der Waals surface area (Å²) in [7, 11) is 0. The molecule has 0 radical (unpaired) electrons. The molecule has 0 aliphatic rings. The van der Waals surface area contributed by atoms with Gasteiger partial charge < -0.3 is 4.90 Å². The lowest BCUT2D eigenvalue weighted by atomic mass is 10.2. The van der Waals surface area contributed by atoms with Crippen LogP contribution in [0.3, 0.4) is 0 Å². The van der Waals surface area contributed by atoms with Gasteiger partial charge in [-0.05, 0) is 31.5 Å². The van der Waals surface area contributed by atoms with Crippen LogP contribution in [-0.4, -0.2) is 23.1 Å². The van der Waals surface area contributed by atoms with Gasteiger partial charge in [0.1, 0.15) is 0 Å². The molecule has 0 aliphatic heterocycles. The van der Waals surface area contributed by atoms with Crippen molar-refractivity contribution >= 4 is 17.7 Å². The lowest BCUT2D eigenvalue weighted by molar-refractivity contribution is -0.128. The minimum absolute atomic E-state index is 0.187. The van der Waals surface area contributed by atoms with Gasteiger partial charge in [0.25, 0.3) is 0 Å². The highest BCUT2D eigenvalue weighted by Gasteiger charge is 2.12. The molecule has 0 saturated carbocycles. The molecular weight excluding hydrogens is 278 g/mol. The van der Waals surface area contributed by atoms with Gasteiger partial charge >= 0.3 is 0 Å². The van der Waals surface area contributed by atoms with Gasteiger partial charge in [-0.25, -0.2) is 0 Å². The van der Waals surface area contributed by atoms with Crippen LogP contribution in [0.4, 0.5) is 0 Å². The first-order valence-corrected chi connectivity index (χ1v) is 8.18. The lowest BCUT2D eigenvalue weighted by Gasteiger charge is -2.20. The quantitative estimate of drug-likeness (QED) is 0.747. The molecule has 0 atom stereocenters. The van der Waals surface area contributed by atoms with Crippen LogP contribution >= 0.6 is 11.8 Å². The van der Waals surface area contributed by atoms with Crippen LogP contribution in [-0.2, 0) is 11.3 Å². The van der Waals surface area contributed by atoms with E-state index in [1.807, 2.05) is 30.0 Å². The van der Waals surface area contributed by atoms with Gasteiger partial charge in [-0.2, -0.15) is 0 Å². The number of hydrogen-bond donors (Lipinski definition) is 0. The number of thioether (sulfide) groups is 1. The minimum atomic E-state index is 0.187. The molecule has 2 rings (SSSR count). The van der Waals surface area contributed by atoms with Crippen LogP contribution in [0.2, 0.25) is 0 Å². The van der Waals surface area contributed by atoms with Crippen molar-refractivity contribution in [3.8, 4) is 0 Å². The molecule has 1 amide bonds. The fourth-order valence-corrected chi connectivity index (χ4v) is 2.85. The molecular formula is C18H21NOS. The van der Waals surface area contributed by atoms with E-state index in [0.717, 1.165) is 11.4 Å². The van der Waals surface area contributed by atoms with Crippen molar-refractivity contribution in [2.45, 2.75) is 25.3 Å². The van der Waals surface area contributed by atoms with Crippen molar-refractivity contribution in [1.82, 2.24) is 4.90 Å². The molecule has 0 aromatic heterocycles. The normalized spacial score (nSPS) is 10.4. The van der Waals surface area contributed by atoms with Gasteiger partial charge in [0.05, 0.1) is 5.75 Å². The average molecular weight is 299 g/mol. The first-order valence-electron chi connectivity index (χ1n) is 7.20. The zero-order valence-electron chi connectivity index (χ0n) is 12.6. The van der Waals surface area contributed by atoms with Gasteiger partial charge in [-0.15, -0.1) is 11.8 Å². The Morgan fingerprint density at radius 1 is 1.05 bits per heavy atom. The van der Waals surface area contributed by atoms with Crippen LogP contribution in [0.1, 0.15) is 18.1 Å². The van der Waals surface area contributed by atoms with E-state index in [4.69, 9.17) is 0 Å². The maximum absolute atomic E-state index is 12.3. The molecule has 2 aromatic rings. The van der Waals surface area contributed by atoms with E-state index in [9.17, 15) is 4.79 Å². The summed E-state index contributed by atoms with van der Waals surface area (Å²) in [4.78, 5) is 15.4. The highest BCUT2D eigenvalue weighted by Crippen LogP contribution is 2.19. The zero-order valence-corrected chi connectivity index (χ0v) is 13.4. The number of nitrogens with zero attached hydrogens (tertiary/aromatic N) is 1. The summed E-state index contributed by atoms with van der Waals surface area (Å²) >= 11 is 1.60. The number of carbonyl (C=O) groups excluding carboxylic acids is 1. The average Bonchev–Trinajstić information content (AvgIpc) is 2.52. The molecule has 3 heteroatoms. The SMILES string of the molecule is CCN(Cc1ccccc1)C(=O)CSc1ccc(C)cc1. The second kappa shape index (κ2) is 7.89. The second-order valence-corrected chi connectivity index (χ2v) is 6.04. The van der Waals surface area contributed by atoms with Crippen LogP contribution in [0, 0.1) is 6.92 Å². The molecule has 2 aromatic carbocycles. The molecule has 21 heavy (non-hydrogen) atoms. The van der Waals surface area contributed by atoms with Gasteiger partial charge in [0.2, 0.25) is 5.91 Å². The van der Waals surface area contributed by atoms with Crippen molar-refractivity contribution in [2.75, 3.05) is 12.3 Å². The molecule has 0 aliphatic carbocycles. The summed E-state index contributed by atoms with van der Waals surface area (Å²) in [5.74, 6) is 0.677. The summed E-state index contributed by atoms with van der Waals surface area (Å²) in [6.07, 6.45) is 0. The zero-order chi connectivity index (χ0) is 15.1. The summed E-state index contributed by atoms with van der Waals surface area (Å²) in [6, 6.07) is 18.4.